The molecule has 0 bridgehead atoms. The molecule has 1 aromatic heterocycles. The van der Waals surface area contributed by atoms with Gasteiger partial charge in [0.2, 0.25) is 5.91 Å². The molecule has 1 aliphatic heterocycles. The zero-order valence-electron chi connectivity index (χ0n) is 14.3. The lowest BCUT2D eigenvalue weighted by molar-refractivity contribution is -0.133. The molecule has 0 aliphatic carbocycles. The van der Waals surface area contributed by atoms with E-state index in [1.165, 1.54) is 28.1 Å². The average Bonchev–Trinajstić information content (AvgIpc) is 3.06. The van der Waals surface area contributed by atoms with Gasteiger partial charge < -0.3 is 10.0 Å². The highest BCUT2D eigenvalue weighted by Gasteiger charge is 2.22. The summed E-state index contributed by atoms with van der Waals surface area (Å²) in [5.41, 5.74) is 2.56. The van der Waals surface area contributed by atoms with Crippen molar-refractivity contribution in [2.75, 3.05) is 26.2 Å². The Morgan fingerprint density at radius 1 is 1.12 bits per heavy atom. The smallest absolute Gasteiger partial charge is 0.356 e. The predicted molar refractivity (Wildman–Crippen MR) is 92.2 cm³/mol. The summed E-state index contributed by atoms with van der Waals surface area (Å²) in [6, 6.07) is 9.75. The van der Waals surface area contributed by atoms with Crippen molar-refractivity contribution in [1.29, 1.82) is 0 Å². The molecule has 0 saturated carbocycles. The van der Waals surface area contributed by atoms with Crippen molar-refractivity contribution in [3.8, 4) is 0 Å². The van der Waals surface area contributed by atoms with Crippen LogP contribution in [0.25, 0.3) is 0 Å². The molecule has 7 heteroatoms. The Bertz CT molecular complexity index is 763. The molecule has 3 rings (SSSR count). The molecule has 1 amide bonds. The molecule has 1 aromatic carbocycles. The molecular weight excluding hydrogens is 320 g/mol. The van der Waals surface area contributed by atoms with Gasteiger partial charge in [-0.3, -0.25) is 14.4 Å². The Labute approximate surface area is 146 Å². The van der Waals surface area contributed by atoms with Crippen molar-refractivity contribution < 1.29 is 14.7 Å². The maximum absolute atomic E-state index is 12.4. The normalized spacial score (nSPS) is 15.3. The molecule has 0 radical (unpaired) electrons. The number of rotatable bonds is 5. The van der Waals surface area contributed by atoms with Crippen LogP contribution in [0.1, 0.15) is 21.6 Å². The molecule has 1 saturated heterocycles. The van der Waals surface area contributed by atoms with Crippen LogP contribution in [0.4, 0.5) is 0 Å². The number of aromatic nitrogens is 2. The van der Waals surface area contributed by atoms with Gasteiger partial charge in [0.05, 0.1) is 0 Å². The maximum atomic E-state index is 12.4. The van der Waals surface area contributed by atoms with Gasteiger partial charge in [-0.2, -0.15) is 5.10 Å². The van der Waals surface area contributed by atoms with Gasteiger partial charge in [0, 0.05) is 38.9 Å². The van der Waals surface area contributed by atoms with E-state index in [4.69, 9.17) is 5.11 Å². The minimum absolute atomic E-state index is 0.0319. The van der Waals surface area contributed by atoms with Crippen LogP contribution in [0.15, 0.2) is 36.5 Å². The Balaban J connectivity index is 1.50. The highest BCUT2D eigenvalue weighted by Crippen LogP contribution is 2.12. The van der Waals surface area contributed by atoms with Crippen molar-refractivity contribution in [3.05, 3.63) is 53.3 Å². The number of carboxylic acids is 1. The van der Waals surface area contributed by atoms with Crippen molar-refractivity contribution in [1.82, 2.24) is 19.6 Å². The zero-order valence-corrected chi connectivity index (χ0v) is 14.3. The van der Waals surface area contributed by atoms with E-state index in [9.17, 15) is 9.59 Å². The first-order valence-electron chi connectivity index (χ1n) is 8.34. The number of carboxylic acid groups (broad SMARTS) is 1. The zero-order chi connectivity index (χ0) is 17.8. The van der Waals surface area contributed by atoms with Gasteiger partial charge in [0.1, 0.15) is 6.54 Å². The first-order chi connectivity index (χ1) is 12.0. The fraction of sp³-hybridized carbons (Fsp3) is 0.389. The van der Waals surface area contributed by atoms with Crippen molar-refractivity contribution in [3.63, 3.8) is 0 Å². The molecule has 0 spiro atoms. The summed E-state index contributed by atoms with van der Waals surface area (Å²) in [6.45, 7) is 6.11. The molecule has 1 aliphatic rings. The lowest BCUT2D eigenvalue weighted by atomic mass is 10.1. The van der Waals surface area contributed by atoms with E-state index in [-0.39, 0.29) is 18.1 Å². The number of piperazine rings is 1. The Hall–Kier alpha value is -2.67. The van der Waals surface area contributed by atoms with Crippen LogP contribution in [0.5, 0.6) is 0 Å². The van der Waals surface area contributed by atoms with Crippen LogP contribution >= 0.6 is 0 Å². The third kappa shape index (κ3) is 4.24. The molecule has 25 heavy (non-hydrogen) atoms. The number of amides is 1. The van der Waals surface area contributed by atoms with Crippen LogP contribution in [0, 0.1) is 6.92 Å². The van der Waals surface area contributed by atoms with E-state index in [1.54, 1.807) is 0 Å². The number of hydrogen-bond donors (Lipinski definition) is 1. The molecule has 1 N–H and O–H groups in total. The van der Waals surface area contributed by atoms with Gasteiger partial charge in [0.25, 0.3) is 0 Å². The third-order valence-electron chi connectivity index (χ3n) is 4.54. The summed E-state index contributed by atoms with van der Waals surface area (Å²) in [5.74, 6) is -1.12. The van der Waals surface area contributed by atoms with Gasteiger partial charge in [-0.05, 0) is 24.1 Å². The predicted octanol–water partition coefficient (Wildman–Crippen LogP) is 1.23. The number of carbonyl (C=O) groups is 2. The number of aryl methyl sites for hydroxylation is 1. The second kappa shape index (κ2) is 7.48. The summed E-state index contributed by atoms with van der Waals surface area (Å²) < 4.78 is 1.38. The van der Waals surface area contributed by atoms with E-state index < -0.39 is 5.97 Å². The molecule has 0 unspecified atom stereocenters. The monoisotopic (exact) mass is 342 g/mol. The summed E-state index contributed by atoms with van der Waals surface area (Å²) in [4.78, 5) is 27.4. The molecular formula is C18H22N4O3. The molecule has 2 heterocycles. The van der Waals surface area contributed by atoms with E-state index in [2.05, 4.69) is 35.1 Å². The standard InChI is InChI=1S/C18H22N4O3/c1-14-4-2-3-5-15(14)12-20-8-10-21(11-9-20)17(23)13-22-7-6-16(19-22)18(24)25/h2-7H,8-13H2,1H3,(H,24,25). The molecule has 1 fully saturated rings. The highest BCUT2D eigenvalue weighted by molar-refractivity contribution is 5.85. The Morgan fingerprint density at radius 3 is 2.48 bits per heavy atom. The fourth-order valence-electron chi connectivity index (χ4n) is 2.99. The number of nitrogens with zero attached hydrogens (tertiary/aromatic N) is 4. The quantitative estimate of drug-likeness (QED) is 0.884. The van der Waals surface area contributed by atoms with E-state index in [0.717, 1.165) is 19.6 Å². The summed E-state index contributed by atoms with van der Waals surface area (Å²) in [5, 5.41) is 12.8. The van der Waals surface area contributed by atoms with Crippen LogP contribution in [0.2, 0.25) is 0 Å². The fourth-order valence-corrected chi connectivity index (χ4v) is 2.99. The van der Waals surface area contributed by atoms with E-state index in [0.29, 0.717) is 13.1 Å². The van der Waals surface area contributed by atoms with Gasteiger partial charge in [-0.25, -0.2) is 4.79 Å². The summed E-state index contributed by atoms with van der Waals surface area (Å²) >= 11 is 0. The number of aromatic carboxylic acids is 1. The average molecular weight is 342 g/mol. The van der Waals surface area contributed by atoms with Crippen molar-refractivity contribution in [2.24, 2.45) is 0 Å². The number of benzene rings is 1. The summed E-state index contributed by atoms with van der Waals surface area (Å²) in [7, 11) is 0. The second-order valence-corrected chi connectivity index (χ2v) is 6.29. The topological polar surface area (TPSA) is 78.7 Å². The minimum atomic E-state index is -1.09. The first kappa shape index (κ1) is 17.2. The lowest BCUT2D eigenvalue weighted by Crippen LogP contribution is -2.49. The third-order valence-corrected chi connectivity index (χ3v) is 4.54. The minimum Gasteiger partial charge on any atom is -0.476 e. The molecule has 2 aromatic rings. The van der Waals surface area contributed by atoms with Crippen LogP contribution in [-0.4, -0.2) is 62.7 Å². The lowest BCUT2D eigenvalue weighted by Gasteiger charge is -2.35. The largest absolute Gasteiger partial charge is 0.476 e. The summed E-state index contributed by atoms with van der Waals surface area (Å²) in [6.07, 6.45) is 1.52. The van der Waals surface area contributed by atoms with Crippen molar-refractivity contribution >= 4 is 11.9 Å². The second-order valence-electron chi connectivity index (χ2n) is 6.29. The van der Waals surface area contributed by atoms with Crippen LogP contribution < -0.4 is 0 Å². The number of hydrogen-bond acceptors (Lipinski definition) is 4. The Morgan fingerprint density at radius 2 is 1.84 bits per heavy atom. The van der Waals surface area contributed by atoms with Gasteiger partial charge in [-0.1, -0.05) is 24.3 Å². The maximum Gasteiger partial charge on any atom is 0.356 e. The first-order valence-corrected chi connectivity index (χ1v) is 8.34. The molecule has 7 nitrogen and oxygen atoms in total. The van der Waals surface area contributed by atoms with Gasteiger partial charge in [0.15, 0.2) is 5.69 Å². The molecule has 132 valence electrons. The van der Waals surface area contributed by atoms with Crippen LogP contribution in [0.3, 0.4) is 0 Å². The van der Waals surface area contributed by atoms with E-state index >= 15 is 0 Å². The molecule has 0 atom stereocenters. The highest BCUT2D eigenvalue weighted by atomic mass is 16.4. The van der Waals surface area contributed by atoms with E-state index in [1.807, 2.05) is 11.0 Å². The van der Waals surface area contributed by atoms with Crippen molar-refractivity contribution in [2.45, 2.75) is 20.0 Å². The SMILES string of the molecule is Cc1ccccc1CN1CCN(C(=O)Cn2ccc(C(=O)O)n2)CC1. The Kier molecular flexibility index (Phi) is 5.14. The van der Waals surface area contributed by atoms with Crippen LogP contribution in [-0.2, 0) is 17.9 Å². The van der Waals surface area contributed by atoms with Gasteiger partial charge in [-0.15, -0.1) is 0 Å². The van der Waals surface area contributed by atoms with Gasteiger partial charge >= 0.3 is 5.97 Å². The number of carbonyl (C=O) groups excluding carboxylic acids is 1.